The number of carbonyl (C=O) groups excluding carboxylic acids is 4. The van der Waals surface area contributed by atoms with Crippen LogP contribution in [-0.4, -0.2) is 23.9 Å². The second kappa shape index (κ2) is 81.4. The summed E-state index contributed by atoms with van der Waals surface area (Å²) in [5.41, 5.74) is 1.75. The van der Waals surface area contributed by atoms with Crippen LogP contribution in [0.1, 0.15) is 515 Å². The maximum atomic E-state index is 12.3. The number of rotatable bonds is 80. The summed E-state index contributed by atoms with van der Waals surface area (Å²) in [5.74, 6) is -1.30. The van der Waals surface area contributed by atoms with Gasteiger partial charge >= 0.3 is 23.9 Å². The number of unbranched alkanes of at least 4 members (excludes halogenated alkanes) is 65. The van der Waals surface area contributed by atoms with Crippen molar-refractivity contribution in [3.63, 3.8) is 0 Å². The van der Waals surface area contributed by atoms with Crippen LogP contribution in [0.15, 0.2) is 23.8 Å². The Kier molecular flexibility index (Phi) is 79.5. The summed E-state index contributed by atoms with van der Waals surface area (Å²) < 4.78 is 10.2. The van der Waals surface area contributed by atoms with Crippen molar-refractivity contribution in [3.8, 4) is 0 Å². The first kappa shape index (κ1) is 91.8. The fourth-order valence-corrected chi connectivity index (χ4v) is 13.9. The van der Waals surface area contributed by atoms with Gasteiger partial charge < -0.3 is 9.47 Å². The molecule has 0 radical (unpaired) electrons. The molecule has 0 amide bonds. The summed E-state index contributed by atoms with van der Waals surface area (Å²) in [7, 11) is 0. The van der Waals surface area contributed by atoms with Gasteiger partial charge in [-0.05, 0) is 89.9 Å². The molecule has 0 rings (SSSR count). The summed E-state index contributed by atoms with van der Waals surface area (Å²) in [6.07, 6.45) is 104. The lowest BCUT2D eigenvalue weighted by Crippen LogP contribution is -2.11. The van der Waals surface area contributed by atoms with E-state index >= 15 is 0 Å². The molecule has 0 N–H and O–H groups in total. The molecule has 0 fully saturated rings. The number of allylic oxidation sites excluding steroid dienone is 4. The van der Waals surface area contributed by atoms with Gasteiger partial charge in [-0.3, -0.25) is 19.2 Å². The van der Waals surface area contributed by atoms with Gasteiger partial charge in [0.2, 0.25) is 0 Å². The SMILES string of the molecule is CCCCCCCCC=CCCCCCCCCCCCC(=O)OC(=O)CCCCCCCCCCCC(=CCCCCCCCC)CCCCCCCCCCCCCCCCCCCCCC(=O)OC(=O)CCCCCCCCCCCCCCCCCCCCC. The van der Waals surface area contributed by atoms with Crippen molar-refractivity contribution in [1.29, 1.82) is 0 Å². The van der Waals surface area contributed by atoms with Crippen molar-refractivity contribution < 1.29 is 28.7 Å². The largest absolute Gasteiger partial charge is 0.393 e. The van der Waals surface area contributed by atoms with E-state index < -0.39 is 0 Å². The summed E-state index contributed by atoms with van der Waals surface area (Å²) in [5, 5.41) is 0. The quantitative estimate of drug-likeness (QED) is 0.0261. The summed E-state index contributed by atoms with van der Waals surface area (Å²) in [4.78, 5) is 48.9. The first-order chi connectivity index (χ1) is 46.4. The van der Waals surface area contributed by atoms with Gasteiger partial charge in [-0.1, -0.05) is 423 Å². The van der Waals surface area contributed by atoms with Crippen LogP contribution in [0.4, 0.5) is 0 Å². The van der Waals surface area contributed by atoms with Crippen molar-refractivity contribution in [3.05, 3.63) is 23.8 Å². The third-order valence-electron chi connectivity index (χ3n) is 20.3. The summed E-state index contributed by atoms with van der Waals surface area (Å²) >= 11 is 0. The maximum absolute atomic E-state index is 12.3. The normalized spacial score (nSPS) is 11.8. The molecule has 6 nitrogen and oxygen atoms in total. The number of hydrogen-bond acceptors (Lipinski definition) is 6. The molecule has 94 heavy (non-hydrogen) atoms. The Bertz CT molecular complexity index is 1600. The molecule has 554 valence electrons. The van der Waals surface area contributed by atoms with Gasteiger partial charge in [-0.15, -0.1) is 0 Å². The highest BCUT2D eigenvalue weighted by Crippen LogP contribution is 2.23. The number of hydrogen-bond donors (Lipinski definition) is 0. The minimum Gasteiger partial charge on any atom is -0.393 e. The minimum absolute atomic E-state index is 0.324. The zero-order valence-electron chi connectivity index (χ0n) is 64.1. The van der Waals surface area contributed by atoms with Crippen LogP contribution < -0.4 is 0 Å². The third kappa shape index (κ3) is 78.8. The van der Waals surface area contributed by atoms with Crippen molar-refractivity contribution in [1.82, 2.24) is 0 Å². The third-order valence-corrected chi connectivity index (χ3v) is 20.3. The van der Waals surface area contributed by atoms with Gasteiger partial charge in [-0.2, -0.15) is 0 Å². The van der Waals surface area contributed by atoms with Gasteiger partial charge in [0.1, 0.15) is 0 Å². The average Bonchev–Trinajstić information content (AvgIpc) is 3.73. The van der Waals surface area contributed by atoms with Crippen LogP contribution in [0.5, 0.6) is 0 Å². The Labute approximate surface area is 588 Å². The van der Waals surface area contributed by atoms with E-state index in [0.717, 1.165) is 51.4 Å². The maximum Gasteiger partial charge on any atom is 0.313 e. The Balaban J connectivity index is 3.73. The predicted molar refractivity (Wildman–Crippen MR) is 412 cm³/mol. The molecule has 0 atom stereocenters. The predicted octanol–water partition coefficient (Wildman–Crippen LogP) is 30.7. The van der Waals surface area contributed by atoms with E-state index in [1.54, 1.807) is 5.57 Å². The molecule has 0 bridgehead atoms. The molecule has 0 saturated heterocycles. The molecular formula is C88H166O6. The highest BCUT2D eigenvalue weighted by Gasteiger charge is 2.12. The first-order valence-electron chi connectivity index (χ1n) is 43.2. The average molecular weight is 1320 g/mol. The second-order valence-electron chi connectivity index (χ2n) is 29.9. The Hall–Kier alpha value is -2.24. The molecule has 0 aliphatic rings. The van der Waals surface area contributed by atoms with Crippen LogP contribution in [0.25, 0.3) is 0 Å². The number of carbonyl (C=O) groups is 4. The highest BCUT2D eigenvalue weighted by atomic mass is 16.6. The lowest BCUT2D eigenvalue weighted by molar-refractivity contribution is -0.161. The summed E-state index contributed by atoms with van der Waals surface area (Å²) in [6.45, 7) is 6.88. The smallest absolute Gasteiger partial charge is 0.313 e. The fourth-order valence-electron chi connectivity index (χ4n) is 13.9. The Morgan fingerprint density at radius 1 is 0.181 bits per heavy atom. The van der Waals surface area contributed by atoms with Crippen LogP contribution in [0.2, 0.25) is 0 Å². The van der Waals surface area contributed by atoms with Crippen molar-refractivity contribution in [2.75, 3.05) is 0 Å². The number of esters is 4. The van der Waals surface area contributed by atoms with E-state index in [9.17, 15) is 19.2 Å². The second-order valence-corrected chi connectivity index (χ2v) is 29.9. The van der Waals surface area contributed by atoms with Gasteiger partial charge in [0.05, 0.1) is 0 Å². The van der Waals surface area contributed by atoms with Crippen LogP contribution >= 0.6 is 0 Å². The monoisotopic (exact) mass is 1320 g/mol. The molecular weight excluding hydrogens is 1150 g/mol. The van der Waals surface area contributed by atoms with Crippen molar-refractivity contribution >= 4 is 23.9 Å². The Morgan fingerprint density at radius 3 is 0.521 bits per heavy atom. The molecule has 0 unspecified atom stereocenters. The van der Waals surface area contributed by atoms with Crippen LogP contribution in [0.3, 0.4) is 0 Å². The molecule has 0 aromatic rings. The minimum atomic E-state index is -0.329. The molecule has 0 saturated carbocycles. The zero-order valence-corrected chi connectivity index (χ0v) is 64.1. The van der Waals surface area contributed by atoms with Gasteiger partial charge in [0.25, 0.3) is 0 Å². The molecule has 0 spiro atoms. The lowest BCUT2D eigenvalue weighted by Gasteiger charge is -2.09. The van der Waals surface area contributed by atoms with Crippen molar-refractivity contribution in [2.24, 2.45) is 0 Å². The van der Waals surface area contributed by atoms with Crippen LogP contribution in [0, 0.1) is 0 Å². The highest BCUT2D eigenvalue weighted by molar-refractivity contribution is 5.85. The number of ether oxygens (including phenoxy) is 2. The zero-order chi connectivity index (χ0) is 67.9. The van der Waals surface area contributed by atoms with E-state index in [1.165, 1.54) is 417 Å². The topological polar surface area (TPSA) is 86.7 Å². The molecule has 6 heteroatoms. The van der Waals surface area contributed by atoms with Gasteiger partial charge in [0, 0.05) is 25.7 Å². The standard InChI is InChI=1S/C88H166O6/c1-4-7-10-13-16-18-20-22-24-26-29-34-38-42-46-52-59-66-73-80-85(89)93-86(90)81-74-67-61-54-48-44-40-36-32-28-31-33-37-41-45-50-57-64-71-78-84(77-70-63-56-15-12-9-6-3)79-72-65-58-51-49-55-62-69-76-83-88(92)94-87(91)82-75-68-60-53-47-43-39-35-30-27-25-23-21-19-17-14-11-8-5-2/h23,25,77H,4-22,24,26-76,78-83H2,1-3H3. The van der Waals surface area contributed by atoms with Crippen LogP contribution in [-0.2, 0) is 28.7 Å². The van der Waals surface area contributed by atoms with E-state index in [1.807, 2.05) is 0 Å². The van der Waals surface area contributed by atoms with E-state index in [0.29, 0.717) is 25.7 Å². The van der Waals surface area contributed by atoms with E-state index in [-0.39, 0.29) is 23.9 Å². The lowest BCUT2D eigenvalue weighted by atomic mass is 9.97. The summed E-state index contributed by atoms with van der Waals surface area (Å²) in [6, 6.07) is 0. The van der Waals surface area contributed by atoms with Gasteiger partial charge in [-0.25, -0.2) is 0 Å². The van der Waals surface area contributed by atoms with E-state index in [2.05, 4.69) is 39.0 Å². The molecule has 0 aliphatic heterocycles. The molecule has 0 heterocycles. The van der Waals surface area contributed by atoms with Gasteiger partial charge in [0.15, 0.2) is 0 Å². The molecule has 0 aromatic carbocycles. The van der Waals surface area contributed by atoms with Crippen molar-refractivity contribution in [2.45, 2.75) is 515 Å². The van der Waals surface area contributed by atoms with E-state index in [4.69, 9.17) is 9.47 Å². The first-order valence-corrected chi connectivity index (χ1v) is 43.2. The molecule has 0 aliphatic carbocycles. The Morgan fingerprint density at radius 2 is 0.330 bits per heavy atom. The fraction of sp³-hybridized carbons (Fsp3) is 0.909. The molecule has 0 aromatic heterocycles.